The number of anilines is 1. The molecule has 0 unspecified atom stereocenters. The third-order valence-electron chi connectivity index (χ3n) is 3.47. The third-order valence-corrected chi connectivity index (χ3v) is 3.47. The quantitative estimate of drug-likeness (QED) is 0.779. The number of ether oxygens (including phenoxy) is 1. The Hall–Kier alpha value is -2.88. The Bertz CT molecular complexity index is 813. The number of nitrogens with zero attached hydrogens (tertiary/aromatic N) is 1. The van der Waals surface area contributed by atoms with Gasteiger partial charge in [0.05, 0.1) is 30.4 Å². The van der Waals surface area contributed by atoms with Crippen molar-refractivity contribution in [2.24, 2.45) is 0 Å². The summed E-state index contributed by atoms with van der Waals surface area (Å²) in [6.45, 7) is 2.58. The van der Waals surface area contributed by atoms with E-state index in [2.05, 4.69) is 10.3 Å². The summed E-state index contributed by atoms with van der Waals surface area (Å²) in [5, 5.41) is 3.90. The molecule has 0 aliphatic rings. The lowest BCUT2D eigenvalue weighted by Gasteiger charge is -2.07. The van der Waals surface area contributed by atoms with Crippen LogP contribution in [0.15, 0.2) is 60.8 Å². The molecule has 4 nitrogen and oxygen atoms in total. The number of aromatic nitrogens is 1. The fraction of sp³-hybridized carbons (Fsp3) is 0.158. The van der Waals surface area contributed by atoms with Gasteiger partial charge in [0.25, 0.3) is 0 Å². The number of hydrogen-bond donors (Lipinski definition) is 1. The summed E-state index contributed by atoms with van der Waals surface area (Å²) in [5.74, 6) is 0.752. The molecule has 116 valence electrons. The molecule has 2 aromatic carbocycles. The predicted octanol–water partition coefficient (Wildman–Crippen LogP) is 3.81. The van der Waals surface area contributed by atoms with Crippen LogP contribution in [0.5, 0.6) is 5.75 Å². The molecule has 0 bridgehead atoms. The molecule has 1 amide bonds. The molecular formula is C19H18N2O2. The second-order valence-corrected chi connectivity index (χ2v) is 5.22. The van der Waals surface area contributed by atoms with Crippen LogP contribution in [0, 0.1) is 0 Å². The molecule has 0 radical (unpaired) electrons. The molecule has 3 rings (SSSR count). The Morgan fingerprint density at radius 3 is 2.70 bits per heavy atom. The summed E-state index contributed by atoms with van der Waals surface area (Å²) in [7, 11) is 0. The smallest absolute Gasteiger partial charge is 0.228 e. The number of carbonyl (C=O) groups excluding carboxylic acids is 1. The van der Waals surface area contributed by atoms with E-state index >= 15 is 0 Å². The highest BCUT2D eigenvalue weighted by atomic mass is 16.5. The first-order valence-corrected chi connectivity index (χ1v) is 7.61. The Morgan fingerprint density at radius 1 is 1.13 bits per heavy atom. The maximum atomic E-state index is 12.2. The Labute approximate surface area is 135 Å². The van der Waals surface area contributed by atoms with Crippen LogP contribution in [-0.2, 0) is 11.2 Å². The van der Waals surface area contributed by atoms with E-state index in [1.165, 1.54) is 0 Å². The normalized spacial score (nSPS) is 10.5. The Balaban J connectivity index is 1.65. The monoisotopic (exact) mass is 306 g/mol. The van der Waals surface area contributed by atoms with Gasteiger partial charge in [0.1, 0.15) is 5.75 Å². The fourth-order valence-corrected chi connectivity index (χ4v) is 2.40. The van der Waals surface area contributed by atoms with Crippen molar-refractivity contribution < 1.29 is 9.53 Å². The van der Waals surface area contributed by atoms with E-state index in [0.717, 1.165) is 22.2 Å². The zero-order valence-corrected chi connectivity index (χ0v) is 13.0. The molecule has 0 fully saturated rings. The Kier molecular flexibility index (Phi) is 4.52. The predicted molar refractivity (Wildman–Crippen MR) is 91.7 cm³/mol. The average molecular weight is 306 g/mol. The molecule has 4 heteroatoms. The van der Waals surface area contributed by atoms with Gasteiger partial charge in [-0.2, -0.15) is 0 Å². The van der Waals surface area contributed by atoms with E-state index in [9.17, 15) is 4.79 Å². The topological polar surface area (TPSA) is 51.2 Å². The van der Waals surface area contributed by atoms with Gasteiger partial charge in [0.15, 0.2) is 0 Å². The highest BCUT2D eigenvalue weighted by Gasteiger charge is 2.05. The van der Waals surface area contributed by atoms with Crippen molar-refractivity contribution in [2.75, 3.05) is 11.9 Å². The molecule has 0 aliphatic heterocycles. The van der Waals surface area contributed by atoms with Gasteiger partial charge in [0, 0.05) is 5.39 Å². The van der Waals surface area contributed by atoms with Gasteiger partial charge >= 0.3 is 0 Å². The zero-order chi connectivity index (χ0) is 16.1. The molecular weight excluding hydrogens is 288 g/mol. The van der Waals surface area contributed by atoms with Crippen LogP contribution in [0.3, 0.4) is 0 Å². The largest absolute Gasteiger partial charge is 0.494 e. The number of rotatable bonds is 5. The van der Waals surface area contributed by atoms with Gasteiger partial charge in [-0.1, -0.05) is 30.3 Å². The van der Waals surface area contributed by atoms with Crippen molar-refractivity contribution in [1.29, 1.82) is 0 Å². The van der Waals surface area contributed by atoms with Gasteiger partial charge in [-0.25, -0.2) is 0 Å². The van der Waals surface area contributed by atoms with E-state index in [-0.39, 0.29) is 5.91 Å². The summed E-state index contributed by atoms with van der Waals surface area (Å²) >= 11 is 0. The number of amides is 1. The van der Waals surface area contributed by atoms with Gasteiger partial charge in [-0.05, 0) is 36.8 Å². The standard InChI is InChI=1S/C19H18N2O2/c1-2-23-17-9-7-14(8-10-17)11-19(22)21-16-12-15-5-3-4-6-18(15)20-13-16/h3-10,12-13H,2,11H2,1H3,(H,21,22). The van der Waals surface area contributed by atoms with Crippen LogP contribution in [0.25, 0.3) is 10.9 Å². The second-order valence-electron chi connectivity index (χ2n) is 5.22. The van der Waals surface area contributed by atoms with E-state index in [4.69, 9.17) is 4.74 Å². The van der Waals surface area contributed by atoms with Crippen molar-refractivity contribution in [2.45, 2.75) is 13.3 Å². The van der Waals surface area contributed by atoms with Crippen LogP contribution in [-0.4, -0.2) is 17.5 Å². The number of nitrogens with one attached hydrogen (secondary N) is 1. The summed E-state index contributed by atoms with van der Waals surface area (Å²) < 4.78 is 5.39. The van der Waals surface area contributed by atoms with Gasteiger partial charge < -0.3 is 10.1 Å². The summed E-state index contributed by atoms with van der Waals surface area (Å²) in [4.78, 5) is 16.5. The number of fused-ring (bicyclic) bond motifs is 1. The van der Waals surface area contributed by atoms with E-state index in [0.29, 0.717) is 18.7 Å². The van der Waals surface area contributed by atoms with Gasteiger partial charge in [-0.3, -0.25) is 9.78 Å². The van der Waals surface area contributed by atoms with Gasteiger partial charge in [-0.15, -0.1) is 0 Å². The average Bonchev–Trinajstić information content (AvgIpc) is 2.57. The molecule has 0 aliphatic carbocycles. The lowest BCUT2D eigenvalue weighted by atomic mass is 10.1. The first kappa shape index (κ1) is 15.0. The summed E-state index contributed by atoms with van der Waals surface area (Å²) in [6, 6.07) is 17.3. The minimum atomic E-state index is -0.0637. The van der Waals surface area contributed by atoms with Crippen molar-refractivity contribution in [3.05, 3.63) is 66.4 Å². The molecule has 0 atom stereocenters. The number of para-hydroxylation sites is 1. The molecule has 0 spiro atoms. The SMILES string of the molecule is CCOc1ccc(CC(=O)Nc2cnc3ccccc3c2)cc1. The van der Waals surface area contributed by atoms with Crippen LogP contribution in [0.2, 0.25) is 0 Å². The first-order valence-electron chi connectivity index (χ1n) is 7.61. The lowest BCUT2D eigenvalue weighted by molar-refractivity contribution is -0.115. The first-order chi connectivity index (χ1) is 11.2. The maximum Gasteiger partial charge on any atom is 0.228 e. The van der Waals surface area contributed by atoms with Crippen LogP contribution >= 0.6 is 0 Å². The minimum Gasteiger partial charge on any atom is -0.494 e. The highest BCUT2D eigenvalue weighted by molar-refractivity contribution is 5.94. The van der Waals surface area contributed by atoms with Gasteiger partial charge in [0.2, 0.25) is 5.91 Å². The molecule has 0 saturated heterocycles. The minimum absolute atomic E-state index is 0.0637. The van der Waals surface area contributed by atoms with Crippen molar-refractivity contribution >= 4 is 22.5 Å². The zero-order valence-electron chi connectivity index (χ0n) is 13.0. The van der Waals surface area contributed by atoms with Crippen molar-refractivity contribution in [3.63, 3.8) is 0 Å². The molecule has 1 aromatic heterocycles. The number of carbonyl (C=O) groups is 1. The number of benzene rings is 2. The fourth-order valence-electron chi connectivity index (χ4n) is 2.40. The summed E-state index contributed by atoms with van der Waals surface area (Å²) in [6.07, 6.45) is 2.00. The maximum absolute atomic E-state index is 12.2. The van der Waals surface area contributed by atoms with Crippen LogP contribution in [0.1, 0.15) is 12.5 Å². The van der Waals surface area contributed by atoms with Crippen molar-refractivity contribution in [3.8, 4) is 5.75 Å². The van der Waals surface area contributed by atoms with Crippen LogP contribution < -0.4 is 10.1 Å². The van der Waals surface area contributed by atoms with Crippen molar-refractivity contribution in [1.82, 2.24) is 4.98 Å². The summed E-state index contributed by atoms with van der Waals surface area (Å²) in [5.41, 5.74) is 2.57. The second kappa shape index (κ2) is 6.92. The molecule has 1 heterocycles. The lowest BCUT2D eigenvalue weighted by Crippen LogP contribution is -2.14. The number of hydrogen-bond acceptors (Lipinski definition) is 3. The molecule has 3 aromatic rings. The molecule has 1 N–H and O–H groups in total. The highest BCUT2D eigenvalue weighted by Crippen LogP contribution is 2.17. The number of pyridine rings is 1. The molecule has 0 saturated carbocycles. The Morgan fingerprint density at radius 2 is 1.91 bits per heavy atom. The van der Waals surface area contributed by atoms with E-state index in [1.807, 2.05) is 61.5 Å². The van der Waals surface area contributed by atoms with E-state index in [1.54, 1.807) is 6.20 Å². The third kappa shape index (κ3) is 3.86. The van der Waals surface area contributed by atoms with E-state index < -0.39 is 0 Å². The molecule has 23 heavy (non-hydrogen) atoms. The van der Waals surface area contributed by atoms with Crippen LogP contribution in [0.4, 0.5) is 5.69 Å².